The number of nitrogens with one attached hydrogen (secondary N) is 2. The molecular formula is C16H21Cl4N3OS. The Hall–Kier alpha value is -0.560. The summed E-state index contributed by atoms with van der Waals surface area (Å²) in [6.45, 7) is 5.56. The summed E-state index contributed by atoms with van der Waals surface area (Å²) in [6.07, 6.45) is 0.264. The predicted octanol–water partition coefficient (Wildman–Crippen LogP) is 4.62. The summed E-state index contributed by atoms with van der Waals surface area (Å²) in [5.41, 5.74) is 1.57. The number of rotatable bonds is 7. The fourth-order valence-corrected chi connectivity index (χ4v) is 3.50. The molecule has 0 fully saturated rings. The molecule has 0 aliphatic carbocycles. The number of nitrogens with zero attached hydrogens (tertiary/aromatic N) is 1. The number of thiazole rings is 1. The Kier molecular flexibility index (Phi) is 11.7. The highest BCUT2D eigenvalue weighted by Crippen LogP contribution is 2.32. The van der Waals surface area contributed by atoms with Crippen molar-refractivity contribution in [1.82, 2.24) is 15.6 Å². The minimum atomic E-state index is -0.0335. The smallest absolute Gasteiger partial charge is 0.226 e. The zero-order chi connectivity index (χ0) is 16.8. The predicted molar refractivity (Wildman–Crippen MR) is 112 cm³/mol. The molecule has 9 heteroatoms. The van der Waals surface area contributed by atoms with Crippen LogP contribution in [0.5, 0.6) is 0 Å². The number of carbonyl (C=O) groups excluding carboxylic acids is 1. The van der Waals surface area contributed by atoms with Gasteiger partial charge >= 0.3 is 0 Å². The van der Waals surface area contributed by atoms with Gasteiger partial charge in [0.05, 0.1) is 17.1 Å². The number of benzene rings is 1. The van der Waals surface area contributed by atoms with Gasteiger partial charge in [0.25, 0.3) is 0 Å². The number of amides is 1. The molecule has 2 N–H and O–H groups in total. The molecule has 0 bridgehead atoms. The van der Waals surface area contributed by atoms with E-state index >= 15 is 0 Å². The van der Waals surface area contributed by atoms with Crippen molar-refractivity contribution in [3.05, 3.63) is 39.3 Å². The maximum absolute atomic E-state index is 12.0. The Labute approximate surface area is 174 Å². The maximum atomic E-state index is 12.0. The second-order valence-electron chi connectivity index (χ2n) is 5.21. The van der Waals surface area contributed by atoms with E-state index in [9.17, 15) is 4.79 Å². The number of likely N-dealkylation sites (N-methyl/N-ethyl adjacent to an activating group) is 1. The number of carbonyl (C=O) groups is 1. The summed E-state index contributed by atoms with van der Waals surface area (Å²) in [7, 11) is 0. The van der Waals surface area contributed by atoms with Gasteiger partial charge in [-0.25, -0.2) is 4.98 Å². The van der Waals surface area contributed by atoms with E-state index in [4.69, 9.17) is 23.2 Å². The van der Waals surface area contributed by atoms with E-state index in [-0.39, 0.29) is 43.2 Å². The average molecular weight is 445 g/mol. The number of hydrogen-bond donors (Lipinski definition) is 2. The topological polar surface area (TPSA) is 54.0 Å². The summed E-state index contributed by atoms with van der Waals surface area (Å²) in [5.74, 6) is -0.0335. The van der Waals surface area contributed by atoms with Gasteiger partial charge < -0.3 is 10.6 Å². The number of halogens is 4. The molecule has 0 saturated heterocycles. The molecule has 0 radical (unpaired) electrons. The molecule has 4 nitrogen and oxygen atoms in total. The molecule has 1 aromatic carbocycles. The third kappa shape index (κ3) is 7.69. The van der Waals surface area contributed by atoms with Gasteiger partial charge in [0, 0.05) is 28.6 Å². The van der Waals surface area contributed by atoms with Gasteiger partial charge in [-0.2, -0.15) is 0 Å². The second-order valence-corrected chi connectivity index (χ2v) is 6.91. The zero-order valence-electron chi connectivity index (χ0n) is 13.8. The van der Waals surface area contributed by atoms with Gasteiger partial charge in [-0.1, -0.05) is 30.1 Å². The first kappa shape index (κ1) is 24.4. The molecule has 2 aromatic rings. The van der Waals surface area contributed by atoms with Crippen LogP contribution in [0.4, 0.5) is 0 Å². The largest absolute Gasteiger partial charge is 0.354 e. The lowest BCUT2D eigenvalue weighted by Gasteiger charge is -2.12. The van der Waals surface area contributed by atoms with Gasteiger partial charge in [-0.15, -0.1) is 36.2 Å². The van der Waals surface area contributed by atoms with Crippen LogP contribution in [0.1, 0.15) is 19.5 Å². The highest BCUT2D eigenvalue weighted by Gasteiger charge is 2.12. The molecule has 0 aliphatic heterocycles. The van der Waals surface area contributed by atoms with Crippen LogP contribution < -0.4 is 10.6 Å². The van der Waals surface area contributed by atoms with Crippen molar-refractivity contribution >= 4 is 65.3 Å². The van der Waals surface area contributed by atoms with Crippen molar-refractivity contribution in [2.45, 2.75) is 26.3 Å². The van der Waals surface area contributed by atoms with Crippen molar-refractivity contribution in [2.24, 2.45) is 0 Å². The van der Waals surface area contributed by atoms with Crippen molar-refractivity contribution in [3.8, 4) is 10.6 Å². The summed E-state index contributed by atoms with van der Waals surface area (Å²) in [6, 6.07) is 5.56. The van der Waals surface area contributed by atoms with Gasteiger partial charge in [0.1, 0.15) is 5.01 Å². The van der Waals surface area contributed by atoms with Crippen LogP contribution in [-0.2, 0) is 11.2 Å². The fraction of sp³-hybridized carbons (Fsp3) is 0.375. The van der Waals surface area contributed by atoms with E-state index in [1.54, 1.807) is 12.1 Å². The zero-order valence-corrected chi connectivity index (χ0v) is 17.8. The third-order valence-corrected chi connectivity index (χ3v) is 4.69. The summed E-state index contributed by atoms with van der Waals surface area (Å²) in [4.78, 5) is 16.4. The molecule has 1 aromatic heterocycles. The van der Waals surface area contributed by atoms with E-state index in [2.05, 4.69) is 15.6 Å². The van der Waals surface area contributed by atoms with Gasteiger partial charge in [-0.3, -0.25) is 4.79 Å². The first-order valence-electron chi connectivity index (χ1n) is 7.39. The van der Waals surface area contributed by atoms with E-state index < -0.39 is 0 Å². The van der Waals surface area contributed by atoms with Crippen LogP contribution in [0.15, 0.2) is 23.6 Å². The van der Waals surface area contributed by atoms with Crippen molar-refractivity contribution in [2.75, 3.05) is 13.1 Å². The molecular weight excluding hydrogens is 424 g/mol. The summed E-state index contributed by atoms with van der Waals surface area (Å²) >= 11 is 13.6. The minimum Gasteiger partial charge on any atom is -0.354 e. The highest BCUT2D eigenvalue weighted by atomic mass is 35.5. The monoisotopic (exact) mass is 443 g/mol. The quantitative estimate of drug-likeness (QED) is 0.655. The first-order chi connectivity index (χ1) is 11.0. The third-order valence-electron chi connectivity index (χ3n) is 3.21. The molecule has 25 heavy (non-hydrogen) atoms. The van der Waals surface area contributed by atoms with E-state index in [1.165, 1.54) is 11.3 Å². The van der Waals surface area contributed by atoms with Crippen LogP contribution in [0.2, 0.25) is 10.0 Å². The number of aromatic nitrogens is 1. The second kappa shape index (κ2) is 11.9. The lowest BCUT2D eigenvalue weighted by molar-refractivity contribution is -0.120. The molecule has 2 rings (SSSR count). The molecule has 1 heterocycles. The normalized spacial score (nSPS) is 11.2. The molecule has 0 unspecified atom stereocenters. The van der Waals surface area contributed by atoms with E-state index in [1.807, 2.05) is 25.3 Å². The maximum Gasteiger partial charge on any atom is 0.226 e. The van der Waals surface area contributed by atoms with E-state index in [0.717, 1.165) is 22.8 Å². The van der Waals surface area contributed by atoms with Crippen LogP contribution in [0.3, 0.4) is 0 Å². The van der Waals surface area contributed by atoms with Crippen molar-refractivity contribution in [3.63, 3.8) is 0 Å². The average Bonchev–Trinajstić information content (AvgIpc) is 2.93. The minimum absolute atomic E-state index is 0. The van der Waals surface area contributed by atoms with Crippen LogP contribution in [-0.4, -0.2) is 30.0 Å². The molecule has 140 valence electrons. The fourth-order valence-electron chi connectivity index (χ4n) is 2.09. The lowest BCUT2D eigenvalue weighted by atomic mass is 10.2. The summed E-state index contributed by atoms with van der Waals surface area (Å²) < 4.78 is 0. The number of hydrogen-bond acceptors (Lipinski definition) is 4. The van der Waals surface area contributed by atoms with Crippen molar-refractivity contribution in [1.29, 1.82) is 0 Å². The Bertz CT molecular complexity index is 681. The standard InChI is InChI=1S/C16H19Cl2N3OS.2ClH/c1-3-19-10(2)8-20-15(22)7-12-9-23-16(21-12)13-5-4-11(17)6-14(13)18;;/h4-6,9-10,19H,3,7-8H2,1-2H3,(H,20,22);2*1H/t10-;;/m1../s1. The molecule has 0 aliphatic rings. The molecule has 0 saturated carbocycles. The molecule has 1 amide bonds. The molecule has 0 spiro atoms. The van der Waals surface area contributed by atoms with Gasteiger partial charge in [0.2, 0.25) is 5.91 Å². The van der Waals surface area contributed by atoms with Gasteiger partial charge in [-0.05, 0) is 31.7 Å². The van der Waals surface area contributed by atoms with Crippen LogP contribution in [0, 0.1) is 0 Å². The summed E-state index contributed by atoms with van der Waals surface area (Å²) in [5, 5.41) is 9.97. The van der Waals surface area contributed by atoms with Gasteiger partial charge in [0.15, 0.2) is 0 Å². The Morgan fingerprint density at radius 1 is 1.32 bits per heavy atom. The Morgan fingerprint density at radius 2 is 2.04 bits per heavy atom. The van der Waals surface area contributed by atoms with E-state index in [0.29, 0.717) is 16.6 Å². The first-order valence-corrected chi connectivity index (χ1v) is 9.03. The van der Waals surface area contributed by atoms with Crippen LogP contribution in [0.25, 0.3) is 10.6 Å². The highest BCUT2D eigenvalue weighted by molar-refractivity contribution is 7.13. The SMILES string of the molecule is CCN[C@H](C)CNC(=O)Cc1csc(-c2ccc(Cl)cc2Cl)n1.Cl.Cl. The molecule has 1 atom stereocenters. The Balaban J connectivity index is 0.00000288. The Morgan fingerprint density at radius 3 is 2.68 bits per heavy atom. The van der Waals surface area contributed by atoms with Crippen LogP contribution >= 0.6 is 59.4 Å². The van der Waals surface area contributed by atoms with Crippen molar-refractivity contribution < 1.29 is 4.79 Å². The lowest BCUT2D eigenvalue weighted by Crippen LogP contribution is -2.39.